The van der Waals surface area contributed by atoms with Gasteiger partial charge < -0.3 is 10.2 Å². The smallest absolute Gasteiger partial charge is 0.246 e. The van der Waals surface area contributed by atoms with Gasteiger partial charge in [0.1, 0.15) is 5.54 Å². The van der Waals surface area contributed by atoms with Gasteiger partial charge in [0.15, 0.2) is 0 Å². The highest BCUT2D eigenvalue weighted by Crippen LogP contribution is 2.38. The van der Waals surface area contributed by atoms with Gasteiger partial charge >= 0.3 is 0 Å². The fourth-order valence-corrected chi connectivity index (χ4v) is 5.37. The molecule has 6 heteroatoms. The fraction of sp³-hybridized carbons (Fsp3) is 0.650. The van der Waals surface area contributed by atoms with Gasteiger partial charge in [0.25, 0.3) is 0 Å². The van der Waals surface area contributed by atoms with Crippen molar-refractivity contribution in [2.24, 2.45) is 11.8 Å². The summed E-state index contributed by atoms with van der Waals surface area (Å²) in [6.07, 6.45) is 6.62. The Labute approximate surface area is 160 Å². The van der Waals surface area contributed by atoms with Crippen LogP contribution in [0.4, 0.5) is 0 Å². The van der Waals surface area contributed by atoms with E-state index in [9.17, 15) is 9.59 Å². The van der Waals surface area contributed by atoms with Gasteiger partial charge in [-0.05, 0) is 54.2 Å². The molecule has 0 aromatic carbocycles. The largest absolute Gasteiger partial charge is 0.350 e. The quantitative estimate of drug-likeness (QED) is 0.830. The van der Waals surface area contributed by atoms with E-state index < -0.39 is 5.54 Å². The first-order valence-electron chi connectivity index (χ1n) is 9.56. The number of likely N-dealkylation sites (tertiary alicyclic amines) is 1. The molecule has 2 aliphatic rings. The number of nitrogens with zero attached hydrogens (tertiary/aromatic N) is 2. The first-order valence-corrected chi connectivity index (χ1v) is 10.7. The summed E-state index contributed by atoms with van der Waals surface area (Å²) in [5, 5.41) is 3.08. The lowest BCUT2D eigenvalue weighted by atomic mass is 9.88. The standard InChI is InChI=1S/C20H29N3O2S/c1-15(2)10-17-11-18(24)23(14-17)20(5-8-26-9-6-20)19(25)22-13-16-4-3-7-21-12-16/h3-4,7,12,15,17H,5-6,8-11,13-14H2,1-2H3,(H,22,25). The predicted octanol–water partition coefficient (Wildman–Crippen LogP) is 2.86. The monoisotopic (exact) mass is 375 g/mol. The first-order chi connectivity index (χ1) is 12.5. The molecule has 1 unspecified atom stereocenters. The molecule has 26 heavy (non-hydrogen) atoms. The van der Waals surface area contributed by atoms with Gasteiger partial charge in [0, 0.05) is 31.9 Å². The number of thioether (sulfide) groups is 1. The van der Waals surface area contributed by atoms with Gasteiger partial charge in [0.2, 0.25) is 11.8 Å². The van der Waals surface area contributed by atoms with Gasteiger partial charge in [-0.2, -0.15) is 11.8 Å². The van der Waals surface area contributed by atoms with Crippen molar-refractivity contribution in [1.29, 1.82) is 0 Å². The highest BCUT2D eigenvalue weighted by molar-refractivity contribution is 7.99. The highest BCUT2D eigenvalue weighted by Gasteiger charge is 2.50. The number of hydrogen-bond acceptors (Lipinski definition) is 4. The molecule has 2 fully saturated rings. The van der Waals surface area contributed by atoms with Crippen molar-refractivity contribution in [3.8, 4) is 0 Å². The average molecular weight is 376 g/mol. The topological polar surface area (TPSA) is 62.3 Å². The summed E-state index contributed by atoms with van der Waals surface area (Å²) < 4.78 is 0. The third kappa shape index (κ3) is 4.22. The van der Waals surface area contributed by atoms with Crippen LogP contribution in [0.15, 0.2) is 24.5 Å². The Hall–Kier alpha value is -1.56. The number of carbonyl (C=O) groups is 2. The summed E-state index contributed by atoms with van der Waals surface area (Å²) in [7, 11) is 0. The molecule has 0 bridgehead atoms. The van der Waals surface area contributed by atoms with Crippen molar-refractivity contribution in [3.63, 3.8) is 0 Å². The van der Waals surface area contributed by atoms with Crippen molar-refractivity contribution in [2.75, 3.05) is 18.1 Å². The van der Waals surface area contributed by atoms with Crippen LogP contribution in [0, 0.1) is 11.8 Å². The van der Waals surface area contributed by atoms with Gasteiger partial charge in [-0.25, -0.2) is 0 Å². The molecule has 142 valence electrons. The lowest BCUT2D eigenvalue weighted by Crippen LogP contribution is -2.61. The van der Waals surface area contributed by atoms with Crippen LogP contribution >= 0.6 is 11.8 Å². The third-order valence-corrected chi connectivity index (χ3v) is 6.43. The van der Waals surface area contributed by atoms with E-state index in [-0.39, 0.29) is 11.8 Å². The Morgan fingerprint density at radius 1 is 1.42 bits per heavy atom. The summed E-state index contributed by atoms with van der Waals surface area (Å²) >= 11 is 1.87. The van der Waals surface area contributed by atoms with Crippen LogP contribution < -0.4 is 5.32 Å². The molecule has 2 saturated heterocycles. The Morgan fingerprint density at radius 3 is 2.85 bits per heavy atom. The second-order valence-electron chi connectivity index (χ2n) is 7.89. The molecule has 0 aliphatic carbocycles. The molecule has 3 rings (SSSR count). The number of carbonyl (C=O) groups excluding carboxylic acids is 2. The zero-order chi connectivity index (χ0) is 18.6. The molecule has 1 aromatic heterocycles. The molecule has 0 radical (unpaired) electrons. The lowest BCUT2D eigenvalue weighted by molar-refractivity contribution is -0.145. The van der Waals surface area contributed by atoms with E-state index in [2.05, 4.69) is 24.1 Å². The van der Waals surface area contributed by atoms with Crippen LogP contribution in [0.2, 0.25) is 0 Å². The van der Waals surface area contributed by atoms with Gasteiger partial charge in [-0.1, -0.05) is 19.9 Å². The zero-order valence-corrected chi connectivity index (χ0v) is 16.6. The van der Waals surface area contributed by atoms with Crippen molar-refractivity contribution in [3.05, 3.63) is 30.1 Å². The van der Waals surface area contributed by atoms with Crippen molar-refractivity contribution in [2.45, 2.75) is 51.6 Å². The number of aromatic nitrogens is 1. The van der Waals surface area contributed by atoms with Crippen LogP contribution in [-0.2, 0) is 16.1 Å². The third-order valence-electron chi connectivity index (χ3n) is 5.45. The Bertz CT molecular complexity index is 629. The van der Waals surface area contributed by atoms with Crippen LogP contribution in [0.25, 0.3) is 0 Å². The van der Waals surface area contributed by atoms with E-state index in [0.717, 1.165) is 42.9 Å². The predicted molar refractivity (Wildman–Crippen MR) is 105 cm³/mol. The van der Waals surface area contributed by atoms with Crippen LogP contribution in [0.3, 0.4) is 0 Å². The number of amides is 2. The molecule has 0 saturated carbocycles. The molecule has 2 amide bonds. The SMILES string of the molecule is CC(C)CC1CC(=O)N(C2(C(=O)NCc3cccnc3)CCSCC2)C1. The van der Waals surface area contributed by atoms with Crippen molar-refractivity contribution >= 4 is 23.6 Å². The van der Waals surface area contributed by atoms with Gasteiger partial charge in [-0.3, -0.25) is 14.6 Å². The Kier molecular flexibility index (Phi) is 6.22. The Morgan fingerprint density at radius 2 is 2.19 bits per heavy atom. The van der Waals surface area contributed by atoms with Gasteiger partial charge in [-0.15, -0.1) is 0 Å². The van der Waals surface area contributed by atoms with Gasteiger partial charge in [0.05, 0.1) is 0 Å². The van der Waals surface area contributed by atoms with E-state index in [4.69, 9.17) is 0 Å². The van der Waals surface area contributed by atoms with Crippen molar-refractivity contribution < 1.29 is 9.59 Å². The normalized spacial score (nSPS) is 22.7. The minimum atomic E-state index is -0.670. The summed E-state index contributed by atoms with van der Waals surface area (Å²) in [5.74, 6) is 2.96. The van der Waals surface area contributed by atoms with Crippen LogP contribution in [0.5, 0.6) is 0 Å². The number of rotatable bonds is 6. The van der Waals surface area contributed by atoms with Crippen LogP contribution in [-0.4, -0.2) is 45.3 Å². The van der Waals surface area contributed by atoms with Crippen LogP contribution in [0.1, 0.15) is 45.1 Å². The number of nitrogens with one attached hydrogen (secondary N) is 1. The molecule has 2 aliphatic heterocycles. The Balaban J connectivity index is 1.73. The zero-order valence-electron chi connectivity index (χ0n) is 15.7. The molecule has 1 N–H and O–H groups in total. The maximum Gasteiger partial charge on any atom is 0.246 e. The average Bonchev–Trinajstić information content (AvgIpc) is 3.01. The molecular formula is C20H29N3O2S. The summed E-state index contributed by atoms with van der Waals surface area (Å²) in [6.45, 7) is 5.57. The minimum Gasteiger partial charge on any atom is -0.350 e. The van der Waals surface area contributed by atoms with E-state index in [0.29, 0.717) is 24.8 Å². The first kappa shape index (κ1) is 19.2. The highest BCUT2D eigenvalue weighted by atomic mass is 32.2. The molecule has 1 aromatic rings. The fourth-order valence-electron chi connectivity index (χ4n) is 4.20. The molecular weight excluding hydrogens is 346 g/mol. The number of pyridine rings is 1. The van der Waals surface area contributed by atoms with E-state index >= 15 is 0 Å². The maximum absolute atomic E-state index is 13.2. The lowest BCUT2D eigenvalue weighted by Gasteiger charge is -2.43. The van der Waals surface area contributed by atoms with E-state index in [1.54, 1.807) is 12.4 Å². The molecule has 0 spiro atoms. The van der Waals surface area contributed by atoms with E-state index in [1.807, 2.05) is 28.8 Å². The second kappa shape index (κ2) is 8.42. The maximum atomic E-state index is 13.2. The second-order valence-corrected chi connectivity index (χ2v) is 9.12. The summed E-state index contributed by atoms with van der Waals surface area (Å²) in [6, 6.07) is 3.82. The number of hydrogen-bond donors (Lipinski definition) is 1. The van der Waals surface area contributed by atoms with E-state index in [1.165, 1.54) is 0 Å². The molecule has 3 heterocycles. The molecule has 1 atom stereocenters. The van der Waals surface area contributed by atoms with Crippen molar-refractivity contribution in [1.82, 2.24) is 15.2 Å². The minimum absolute atomic E-state index is 0.000185. The summed E-state index contributed by atoms with van der Waals surface area (Å²) in [4.78, 5) is 32.0. The summed E-state index contributed by atoms with van der Waals surface area (Å²) in [5.41, 5.74) is 0.308. The molecule has 5 nitrogen and oxygen atoms in total.